The summed E-state index contributed by atoms with van der Waals surface area (Å²) in [6.45, 7) is 5.94. The lowest BCUT2D eigenvalue weighted by molar-refractivity contribution is 0.106. The van der Waals surface area contributed by atoms with Crippen molar-refractivity contribution in [2.45, 2.75) is 45.6 Å². The van der Waals surface area contributed by atoms with Crippen molar-refractivity contribution in [3.8, 4) is 5.75 Å². The average molecular weight is 338 g/mol. The molecule has 1 aromatic carbocycles. The zero-order chi connectivity index (χ0) is 17.6. The van der Waals surface area contributed by atoms with Crippen LogP contribution in [-0.2, 0) is 4.74 Å². The molecule has 0 radical (unpaired) electrons. The van der Waals surface area contributed by atoms with Crippen molar-refractivity contribution in [1.82, 2.24) is 5.32 Å². The van der Waals surface area contributed by atoms with Crippen LogP contribution in [0.1, 0.15) is 39.5 Å². The number of benzene rings is 1. The van der Waals surface area contributed by atoms with E-state index in [1.807, 2.05) is 0 Å². The van der Waals surface area contributed by atoms with Gasteiger partial charge in [0.1, 0.15) is 18.5 Å². The van der Waals surface area contributed by atoms with Crippen molar-refractivity contribution in [3.05, 3.63) is 24.3 Å². The van der Waals surface area contributed by atoms with E-state index in [9.17, 15) is 9.90 Å². The van der Waals surface area contributed by atoms with Crippen molar-refractivity contribution in [3.63, 3.8) is 0 Å². The molecule has 6 nitrogen and oxygen atoms in total. The van der Waals surface area contributed by atoms with Crippen LogP contribution in [-0.4, -0.2) is 43.6 Å². The Bertz CT molecular complexity index is 451. The molecule has 1 amide bonds. The number of nitrogens with one attached hydrogen (secondary N) is 2. The number of unbranched alkanes of at least 4 members (excludes halogenated alkanes) is 3. The molecule has 1 unspecified atom stereocenters. The fraction of sp³-hybridized carbons (Fsp3) is 0.611. The molecular weight excluding hydrogens is 308 g/mol. The molecule has 1 rings (SSSR count). The lowest BCUT2D eigenvalue weighted by atomic mass is 10.2. The van der Waals surface area contributed by atoms with Crippen LogP contribution in [0.2, 0.25) is 0 Å². The molecule has 0 heterocycles. The Labute approximate surface area is 144 Å². The van der Waals surface area contributed by atoms with Crippen molar-refractivity contribution in [2.24, 2.45) is 0 Å². The number of anilines is 1. The van der Waals surface area contributed by atoms with Crippen molar-refractivity contribution in [1.29, 1.82) is 0 Å². The molecule has 1 aromatic rings. The molecule has 3 N–H and O–H groups in total. The van der Waals surface area contributed by atoms with Crippen LogP contribution in [0.25, 0.3) is 0 Å². The van der Waals surface area contributed by atoms with Gasteiger partial charge in [-0.25, -0.2) is 4.79 Å². The summed E-state index contributed by atoms with van der Waals surface area (Å²) in [4.78, 5) is 11.3. The number of carbonyl (C=O) groups is 1. The second kappa shape index (κ2) is 12.6. The number of aliphatic hydroxyl groups excluding tert-OH is 1. The molecule has 0 aliphatic rings. The van der Waals surface area contributed by atoms with Gasteiger partial charge in [-0.3, -0.25) is 5.32 Å². The minimum absolute atomic E-state index is 0.229. The molecule has 0 aliphatic heterocycles. The van der Waals surface area contributed by atoms with E-state index in [-0.39, 0.29) is 6.61 Å². The van der Waals surface area contributed by atoms with Crippen molar-refractivity contribution < 1.29 is 19.4 Å². The van der Waals surface area contributed by atoms with Gasteiger partial charge in [-0.15, -0.1) is 0 Å². The Morgan fingerprint density at radius 1 is 1.17 bits per heavy atom. The molecule has 1 atom stereocenters. The highest BCUT2D eigenvalue weighted by Gasteiger charge is 2.06. The first-order valence-electron chi connectivity index (χ1n) is 8.71. The largest absolute Gasteiger partial charge is 0.491 e. The lowest BCUT2D eigenvalue weighted by Crippen LogP contribution is -2.32. The first-order valence-corrected chi connectivity index (χ1v) is 8.71. The van der Waals surface area contributed by atoms with Gasteiger partial charge in [-0.1, -0.05) is 26.2 Å². The Balaban J connectivity index is 2.18. The molecule has 6 heteroatoms. The van der Waals surface area contributed by atoms with Crippen molar-refractivity contribution >= 4 is 11.8 Å². The molecule has 0 saturated heterocycles. The number of hydrogen-bond acceptors (Lipinski definition) is 5. The summed E-state index contributed by atoms with van der Waals surface area (Å²) >= 11 is 0. The van der Waals surface area contributed by atoms with Gasteiger partial charge in [0.05, 0.1) is 6.61 Å². The summed E-state index contributed by atoms with van der Waals surface area (Å²) in [5.41, 5.74) is 0.634. The minimum atomic E-state index is -0.548. The van der Waals surface area contributed by atoms with E-state index in [0.29, 0.717) is 24.6 Å². The van der Waals surface area contributed by atoms with Gasteiger partial charge in [0.2, 0.25) is 0 Å². The first kappa shape index (κ1) is 20.3. The predicted molar refractivity (Wildman–Crippen MR) is 95.6 cm³/mol. The summed E-state index contributed by atoms with van der Waals surface area (Å²) in [5, 5.41) is 15.7. The number of carbonyl (C=O) groups excluding carboxylic acids is 1. The van der Waals surface area contributed by atoms with E-state index in [4.69, 9.17) is 9.47 Å². The summed E-state index contributed by atoms with van der Waals surface area (Å²) in [6.07, 6.45) is 3.82. The number of ether oxygens (including phenoxy) is 2. The van der Waals surface area contributed by atoms with Crippen LogP contribution >= 0.6 is 0 Å². The van der Waals surface area contributed by atoms with Gasteiger partial charge in [-0.05, 0) is 44.2 Å². The van der Waals surface area contributed by atoms with Gasteiger partial charge in [0.25, 0.3) is 0 Å². The third-order valence-electron chi connectivity index (χ3n) is 3.41. The monoisotopic (exact) mass is 338 g/mol. The molecule has 0 spiro atoms. The van der Waals surface area contributed by atoms with Gasteiger partial charge >= 0.3 is 6.09 Å². The normalized spacial score (nSPS) is 11.8. The number of amides is 1. The Morgan fingerprint density at radius 2 is 1.92 bits per heavy atom. The third kappa shape index (κ3) is 9.37. The summed E-state index contributed by atoms with van der Waals surface area (Å²) < 4.78 is 10.3. The van der Waals surface area contributed by atoms with Gasteiger partial charge in [0.15, 0.2) is 0 Å². The number of hydrogen-bond donors (Lipinski definition) is 3. The second-order valence-corrected chi connectivity index (χ2v) is 5.60. The number of rotatable bonds is 12. The number of aliphatic hydroxyl groups is 1. The minimum Gasteiger partial charge on any atom is -0.491 e. The molecule has 0 fully saturated rings. The standard InChI is InChI=1S/C18H30N2O4/c1-3-5-6-7-12-19-13-16(21)14-24-17-10-8-15(9-11-17)20-18(22)23-4-2/h8-11,16,19,21H,3-7,12-14H2,1-2H3,(H,20,22). The van der Waals surface area contributed by atoms with Gasteiger partial charge in [-0.2, -0.15) is 0 Å². The highest BCUT2D eigenvalue weighted by atomic mass is 16.5. The van der Waals surface area contributed by atoms with Crippen LogP contribution in [0.3, 0.4) is 0 Å². The van der Waals surface area contributed by atoms with Gasteiger partial charge < -0.3 is 19.9 Å². The fourth-order valence-electron chi connectivity index (χ4n) is 2.12. The maximum Gasteiger partial charge on any atom is 0.411 e. The molecule has 0 aliphatic carbocycles. The zero-order valence-corrected chi connectivity index (χ0v) is 14.7. The van der Waals surface area contributed by atoms with Crippen LogP contribution < -0.4 is 15.4 Å². The highest BCUT2D eigenvalue weighted by molar-refractivity contribution is 5.84. The van der Waals surface area contributed by atoms with Crippen LogP contribution in [0.15, 0.2) is 24.3 Å². The zero-order valence-electron chi connectivity index (χ0n) is 14.7. The highest BCUT2D eigenvalue weighted by Crippen LogP contribution is 2.16. The Hall–Kier alpha value is -1.79. The molecular formula is C18H30N2O4. The molecule has 0 aromatic heterocycles. The first-order chi connectivity index (χ1) is 11.7. The topological polar surface area (TPSA) is 79.8 Å². The van der Waals surface area contributed by atoms with Crippen LogP contribution in [0.4, 0.5) is 10.5 Å². The van der Waals surface area contributed by atoms with E-state index in [0.717, 1.165) is 13.0 Å². The molecule has 0 bridgehead atoms. The SMILES string of the molecule is CCCCCCNCC(O)COc1ccc(NC(=O)OCC)cc1. The average Bonchev–Trinajstić information content (AvgIpc) is 2.57. The van der Waals surface area contributed by atoms with Gasteiger partial charge in [0, 0.05) is 12.2 Å². The van der Waals surface area contributed by atoms with E-state index in [1.165, 1.54) is 19.3 Å². The van der Waals surface area contributed by atoms with Crippen LogP contribution in [0, 0.1) is 0 Å². The van der Waals surface area contributed by atoms with E-state index >= 15 is 0 Å². The molecule has 0 saturated carbocycles. The fourth-order valence-corrected chi connectivity index (χ4v) is 2.12. The third-order valence-corrected chi connectivity index (χ3v) is 3.41. The lowest BCUT2D eigenvalue weighted by Gasteiger charge is -2.13. The van der Waals surface area contributed by atoms with E-state index < -0.39 is 12.2 Å². The summed E-state index contributed by atoms with van der Waals surface area (Å²) in [7, 11) is 0. The maximum absolute atomic E-state index is 11.3. The Kier molecular flexibility index (Phi) is 10.6. The van der Waals surface area contributed by atoms with Crippen molar-refractivity contribution in [2.75, 3.05) is 31.6 Å². The Morgan fingerprint density at radius 3 is 2.58 bits per heavy atom. The maximum atomic E-state index is 11.3. The predicted octanol–water partition coefficient (Wildman–Crippen LogP) is 3.16. The quantitative estimate of drug-likeness (QED) is 0.510. The summed E-state index contributed by atoms with van der Waals surface area (Å²) in [6, 6.07) is 6.94. The second-order valence-electron chi connectivity index (χ2n) is 5.60. The van der Waals surface area contributed by atoms with Crippen LogP contribution in [0.5, 0.6) is 5.75 Å². The summed E-state index contributed by atoms with van der Waals surface area (Å²) in [5.74, 6) is 0.645. The smallest absolute Gasteiger partial charge is 0.411 e. The van der Waals surface area contributed by atoms with E-state index in [1.54, 1.807) is 31.2 Å². The van der Waals surface area contributed by atoms with E-state index in [2.05, 4.69) is 17.6 Å². The molecule has 136 valence electrons. The molecule has 24 heavy (non-hydrogen) atoms.